The topological polar surface area (TPSA) is 124 Å². The summed E-state index contributed by atoms with van der Waals surface area (Å²) in [4.78, 5) is 22.3. The van der Waals surface area contributed by atoms with Gasteiger partial charge in [-0.05, 0) is 18.6 Å². The summed E-state index contributed by atoms with van der Waals surface area (Å²) in [5.74, 6) is -0.514. The third-order valence-corrected chi connectivity index (χ3v) is 3.21. The normalized spacial score (nSPS) is 19.3. The molecule has 8 heteroatoms. The van der Waals surface area contributed by atoms with Crippen LogP contribution < -0.4 is 11.5 Å². The molecule has 100 valence electrons. The van der Waals surface area contributed by atoms with Crippen LogP contribution in [0.4, 0.5) is 0 Å². The lowest BCUT2D eigenvalue weighted by molar-refractivity contribution is -0.139. The molecular formula is C11H11N3O5. The highest BCUT2D eigenvalue weighted by molar-refractivity contribution is 5.74. The van der Waals surface area contributed by atoms with Gasteiger partial charge in [0.05, 0.1) is 6.04 Å². The number of nitrogens with two attached hydrogens (primary N) is 1. The number of hydrogen-bond donors (Lipinski definition) is 2. The molecular weight excluding hydrogens is 254 g/mol. The van der Waals surface area contributed by atoms with E-state index in [2.05, 4.69) is 9.68 Å². The first-order chi connectivity index (χ1) is 9.08. The summed E-state index contributed by atoms with van der Waals surface area (Å²) in [6.45, 7) is 0. The zero-order valence-electron chi connectivity index (χ0n) is 9.78. The summed E-state index contributed by atoms with van der Waals surface area (Å²) >= 11 is 0. The largest absolute Gasteiger partial charge is 0.480 e. The minimum atomic E-state index is -1.21. The highest BCUT2D eigenvalue weighted by atomic mass is 16.5. The SMILES string of the molecule is NC(C(=O)O)c1ccc(C2CCc3noc(=O)n32)o1. The molecule has 2 atom stereocenters. The first-order valence-corrected chi connectivity index (χ1v) is 5.73. The Balaban J connectivity index is 1.95. The lowest BCUT2D eigenvalue weighted by atomic mass is 10.1. The zero-order chi connectivity index (χ0) is 13.6. The van der Waals surface area contributed by atoms with Gasteiger partial charge < -0.3 is 15.3 Å². The van der Waals surface area contributed by atoms with Crippen molar-refractivity contribution in [3.8, 4) is 0 Å². The number of furan rings is 1. The van der Waals surface area contributed by atoms with E-state index in [0.29, 0.717) is 24.4 Å². The number of aromatic nitrogens is 2. The maximum atomic E-state index is 11.5. The van der Waals surface area contributed by atoms with E-state index in [1.54, 1.807) is 6.07 Å². The van der Waals surface area contributed by atoms with E-state index in [1.165, 1.54) is 10.6 Å². The van der Waals surface area contributed by atoms with Crippen LogP contribution >= 0.6 is 0 Å². The summed E-state index contributed by atoms with van der Waals surface area (Å²) < 4.78 is 11.4. The van der Waals surface area contributed by atoms with Crippen molar-refractivity contribution in [2.24, 2.45) is 5.73 Å². The van der Waals surface area contributed by atoms with Gasteiger partial charge in [0, 0.05) is 6.42 Å². The van der Waals surface area contributed by atoms with Crippen molar-refractivity contribution in [3.63, 3.8) is 0 Å². The monoisotopic (exact) mass is 265 g/mol. The second-order valence-corrected chi connectivity index (χ2v) is 4.35. The van der Waals surface area contributed by atoms with Gasteiger partial charge in [-0.1, -0.05) is 5.16 Å². The molecule has 2 aromatic rings. The Morgan fingerprint density at radius 2 is 2.37 bits per heavy atom. The van der Waals surface area contributed by atoms with Gasteiger partial charge in [-0.15, -0.1) is 0 Å². The van der Waals surface area contributed by atoms with Crippen molar-refractivity contribution in [2.45, 2.75) is 24.9 Å². The van der Waals surface area contributed by atoms with Crippen LogP contribution in [0.3, 0.4) is 0 Å². The molecule has 3 rings (SSSR count). The fourth-order valence-electron chi connectivity index (χ4n) is 2.26. The number of hydrogen-bond acceptors (Lipinski definition) is 6. The lowest BCUT2D eigenvalue weighted by Crippen LogP contribution is -2.20. The van der Waals surface area contributed by atoms with E-state index in [1.807, 2.05) is 0 Å². The van der Waals surface area contributed by atoms with Gasteiger partial charge in [0.1, 0.15) is 11.5 Å². The van der Waals surface area contributed by atoms with E-state index < -0.39 is 17.8 Å². The molecule has 2 aromatic heterocycles. The molecule has 0 bridgehead atoms. The summed E-state index contributed by atoms with van der Waals surface area (Å²) in [5, 5.41) is 12.5. The minimum absolute atomic E-state index is 0.153. The summed E-state index contributed by atoms with van der Waals surface area (Å²) in [5.41, 5.74) is 5.46. The van der Waals surface area contributed by atoms with Crippen LogP contribution in [0.5, 0.6) is 0 Å². The number of rotatable bonds is 3. The quantitative estimate of drug-likeness (QED) is 0.803. The molecule has 0 spiro atoms. The van der Waals surface area contributed by atoms with Crippen molar-refractivity contribution in [3.05, 3.63) is 40.0 Å². The number of carbonyl (C=O) groups is 1. The Bertz CT molecular complexity index is 683. The van der Waals surface area contributed by atoms with Crippen LogP contribution in [0.2, 0.25) is 0 Å². The van der Waals surface area contributed by atoms with E-state index in [0.717, 1.165) is 0 Å². The van der Waals surface area contributed by atoms with Crippen LogP contribution in [0.15, 0.2) is 25.9 Å². The standard InChI is InChI=1S/C11H11N3O5/c12-9(10(15)16)7-3-2-6(18-7)5-1-4-8-13-19-11(17)14(5)8/h2-3,5,9H,1,4,12H2,(H,15,16). The van der Waals surface area contributed by atoms with Crippen molar-refractivity contribution < 1.29 is 18.8 Å². The summed E-state index contributed by atoms with van der Waals surface area (Å²) in [6, 6.07) is 1.60. The van der Waals surface area contributed by atoms with Crippen LogP contribution in [0.1, 0.15) is 35.8 Å². The molecule has 0 radical (unpaired) electrons. The molecule has 0 saturated heterocycles. The molecule has 0 fully saturated rings. The smallest absolute Gasteiger partial charge is 0.442 e. The molecule has 3 heterocycles. The minimum Gasteiger partial charge on any atom is -0.480 e. The molecule has 8 nitrogen and oxygen atoms in total. The highest BCUT2D eigenvalue weighted by Gasteiger charge is 2.31. The van der Waals surface area contributed by atoms with Gasteiger partial charge in [-0.25, -0.2) is 9.36 Å². The molecule has 0 aromatic carbocycles. The van der Waals surface area contributed by atoms with Crippen molar-refractivity contribution in [1.29, 1.82) is 0 Å². The van der Waals surface area contributed by atoms with Crippen molar-refractivity contribution in [1.82, 2.24) is 9.72 Å². The second-order valence-electron chi connectivity index (χ2n) is 4.35. The summed E-state index contributed by atoms with van der Waals surface area (Å²) in [6.07, 6.45) is 1.26. The Hall–Kier alpha value is -2.35. The number of aryl methyl sites for hydroxylation is 1. The molecule has 3 N–H and O–H groups in total. The number of fused-ring (bicyclic) bond motifs is 1. The molecule has 1 aliphatic heterocycles. The van der Waals surface area contributed by atoms with E-state index in [9.17, 15) is 9.59 Å². The fourth-order valence-corrected chi connectivity index (χ4v) is 2.26. The van der Waals surface area contributed by atoms with E-state index in [-0.39, 0.29) is 11.8 Å². The Kier molecular flexibility index (Phi) is 2.53. The van der Waals surface area contributed by atoms with E-state index >= 15 is 0 Å². The third-order valence-electron chi connectivity index (χ3n) is 3.21. The van der Waals surface area contributed by atoms with Crippen LogP contribution in [0.25, 0.3) is 0 Å². The number of nitrogens with zero attached hydrogens (tertiary/aromatic N) is 2. The number of aliphatic carboxylic acids is 1. The Morgan fingerprint density at radius 3 is 3.11 bits per heavy atom. The first-order valence-electron chi connectivity index (χ1n) is 5.73. The third kappa shape index (κ3) is 1.76. The molecule has 2 unspecified atom stereocenters. The zero-order valence-corrected chi connectivity index (χ0v) is 9.78. The molecule has 19 heavy (non-hydrogen) atoms. The highest BCUT2D eigenvalue weighted by Crippen LogP contribution is 2.31. The first kappa shape index (κ1) is 11.7. The van der Waals surface area contributed by atoms with Gasteiger partial charge >= 0.3 is 11.7 Å². The van der Waals surface area contributed by atoms with Gasteiger partial charge in [0.15, 0.2) is 11.9 Å². The molecule has 0 saturated carbocycles. The average molecular weight is 265 g/mol. The van der Waals surface area contributed by atoms with Gasteiger partial charge in [0.2, 0.25) is 0 Å². The van der Waals surface area contributed by atoms with Crippen molar-refractivity contribution >= 4 is 5.97 Å². The predicted octanol–water partition coefficient (Wildman–Crippen LogP) is 0.0493. The molecule has 0 amide bonds. The molecule has 0 aliphatic carbocycles. The Labute approximate surface area is 106 Å². The van der Waals surface area contributed by atoms with Crippen LogP contribution in [-0.4, -0.2) is 20.8 Å². The second kappa shape index (κ2) is 4.09. The van der Waals surface area contributed by atoms with Crippen LogP contribution in [0, 0.1) is 0 Å². The Morgan fingerprint density at radius 1 is 1.58 bits per heavy atom. The predicted molar refractivity (Wildman–Crippen MR) is 60.5 cm³/mol. The number of carboxylic acids is 1. The van der Waals surface area contributed by atoms with E-state index in [4.69, 9.17) is 15.3 Å². The average Bonchev–Trinajstić information content (AvgIpc) is 3.05. The maximum Gasteiger partial charge on any atom is 0.442 e. The maximum absolute atomic E-state index is 11.5. The van der Waals surface area contributed by atoms with Gasteiger partial charge in [0.25, 0.3) is 0 Å². The lowest BCUT2D eigenvalue weighted by Gasteiger charge is -2.07. The van der Waals surface area contributed by atoms with Gasteiger partial charge in [-0.3, -0.25) is 9.32 Å². The fraction of sp³-hybridized carbons (Fsp3) is 0.364. The summed E-state index contributed by atoms with van der Waals surface area (Å²) in [7, 11) is 0. The van der Waals surface area contributed by atoms with Crippen LogP contribution in [-0.2, 0) is 11.2 Å². The molecule has 1 aliphatic rings. The van der Waals surface area contributed by atoms with Crippen molar-refractivity contribution in [2.75, 3.05) is 0 Å². The number of carboxylic acid groups (broad SMARTS) is 1. The van der Waals surface area contributed by atoms with Gasteiger partial charge in [-0.2, -0.15) is 0 Å².